The highest BCUT2D eigenvalue weighted by Gasteiger charge is 2.12. The summed E-state index contributed by atoms with van der Waals surface area (Å²) in [7, 11) is 0. The first-order valence-corrected chi connectivity index (χ1v) is 6.23. The number of nitrogens with zero attached hydrogens (tertiary/aromatic N) is 2. The van der Waals surface area contributed by atoms with Gasteiger partial charge in [-0.05, 0) is 37.1 Å². The van der Waals surface area contributed by atoms with Crippen molar-refractivity contribution >= 4 is 5.57 Å². The Bertz CT molecular complexity index is 343. The molecule has 2 rings (SSSR count). The molecule has 0 N–H and O–H groups in total. The Labute approximate surface area is 98.0 Å². The zero-order valence-corrected chi connectivity index (χ0v) is 10.0. The van der Waals surface area contributed by atoms with Gasteiger partial charge >= 0.3 is 0 Å². The summed E-state index contributed by atoms with van der Waals surface area (Å²) in [6.45, 7) is 5.76. The first-order valence-electron chi connectivity index (χ1n) is 6.23. The Kier molecular flexibility index (Phi) is 4.11. The highest BCUT2D eigenvalue weighted by Crippen LogP contribution is 2.20. The van der Waals surface area contributed by atoms with Crippen LogP contribution in [0.2, 0.25) is 0 Å². The SMILES string of the molecule is CCCCN1CC=C(c2ccccn2)CC1. The second-order valence-corrected chi connectivity index (χ2v) is 4.35. The van der Waals surface area contributed by atoms with Crippen LogP contribution in [0.1, 0.15) is 31.9 Å². The van der Waals surface area contributed by atoms with Crippen LogP contribution in [0.25, 0.3) is 5.57 Å². The molecule has 0 aliphatic carbocycles. The minimum absolute atomic E-state index is 1.09. The number of hydrogen-bond acceptors (Lipinski definition) is 2. The van der Waals surface area contributed by atoms with Crippen LogP contribution in [0.4, 0.5) is 0 Å². The smallest absolute Gasteiger partial charge is 0.0659 e. The predicted octanol–water partition coefficient (Wildman–Crippen LogP) is 2.97. The number of rotatable bonds is 4. The molecular weight excluding hydrogens is 196 g/mol. The molecule has 2 heterocycles. The first kappa shape index (κ1) is 11.3. The Morgan fingerprint density at radius 3 is 2.94 bits per heavy atom. The Hall–Kier alpha value is -1.15. The minimum atomic E-state index is 1.09. The third kappa shape index (κ3) is 2.92. The van der Waals surface area contributed by atoms with Gasteiger partial charge in [-0.3, -0.25) is 9.88 Å². The molecule has 0 unspecified atom stereocenters. The average Bonchev–Trinajstić information content (AvgIpc) is 2.38. The summed E-state index contributed by atoms with van der Waals surface area (Å²) >= 11 is 0. The lowest BCUT2D eigenvalue weighted by molar-refractivity contribution is 0.297. The molecule has 0 radical (unpaired) electrons. The Balaban J connectivity index is 1.93. The summed E-state index contributed by atoms with van der Waals surface area (Å²) in [4.78, 5) is 6.93. The third-order valence-corrected chi connectivity index (χ3v) is 3.12. The van der Waals surface area contributed by atoms with Crippen LogP contribution >= 0.6 is 0 Å². The molecule has 1 aliphatic heterocycles. The first-order chi connectivity index (χ1) is 7.90. The monoisotopic (exact) mass is 216 g/mol. The van der Waals surface area contributed by atoms with E-state index in [2.05, 4.69) is 35.0 Å². The summed E-state index contributed by atoms with van der Waals surface area (Å²) in [6, 6.07) is 6.14. The van der Waals surface area contributed by atoms with Crippen molar-refractivity contribution in [3.8, 4) is 0 Å². The van der Waals surface area contributed by atoms with Crippen molar-refractivity contribution in [3.63, 3.8) is 0 Å². The topological polar surface area (TPSA) is 16.1 Å². The molecule has 0 spiro atoms. The molecule has 1 aromatic rings. The van der Waals surface area contributed by atoms with E-state index in [0.29, 0.717) is 0 Å². The van der Waals surface area contributed by atoms with Crippen molar-refractivity contribution in [1.29, 1.82) is 0 Å². The number of aromatic nitrogens is 1. The number of hydrogen-bond donors (Lipinski definition) is 0. The maximum Gasteiger partial charge on any atom is 0.0659 e. The summed E-state index contributed by atoms with van der Waals surface area (Å²) in [6.07, 6.45) is 7.95. The van der Waals surface area contributed by atoms with E-state index >= 15 is 0 Å². The molecule has 0 saturated carbocycles. The molecule has 0 bridgehead atoms. The fourth-order valence-corrected chi connectivity index (χ4v) is 2.08. The van der Waals surface area contributed by atoms with Crippen LogP contribution in [-0.4, -0.2) is 29.5 Å². The highest BCUT2D eigenvalue weighted by molar-refractivity contribution is 5.63. The molecule has 0 saturated heterocycles. The maximum atomic E-state index is 4.40. The Morgan fingerprint density at radius 2 is 2.31 bits per heavy atom. The number of unbranched alkanes of at least 4 members (excludes halogenated alkanes) is 1. The van der Waals surface area contributed by atoms with Crippen LogP contribution in [-0.2, 0) is 0 Å². The minimum Gasteiger partial charge on any atom is -0.299 e. The lowest BCUT2D eigenvalue weighted by atomic mass is 10.0. The van der Waals surface area contributed by atoms with E-state index in [-0.39, 0.29) is 0 Å². The van der Waals surface area contributed by atoms with E-state index in [1.807, 2.05) is 12.3 Å². The van der Waals surface area contributed by atoms with Crippen molar-refractivity contribution in [2.45, 2.75) is 26.2 Å². The van der Waals surface area contributed by atoms with Gasteiger partial charge in [-0.2, -0.15) is 0 Å². The summed E-state index contributed by atoms with van der Waals surface area (Å²) in [5, 5.41) is 0. The van der Waals surface area contributed by atoms with E-state index in [9.17, 15) is 0 Å². The van der Waals surface area contributed by atoms with Crippen molar-refractivity contribution in [1.82, 2.24) is 9.88 Å². The van der Waals surface area contributed by atoms with Gasteiger partial charge in [0.15, 0.2) is 0 Å². The van der Waals surface area contributed by atoms with Gasteiger partial charge in [0.2, 0.25) is 0 Å². The van der Waals surface area contributed by atoms with Crippen molar-refractivity contribution in [2.75, 3.05) is 19.6 Å². The van der Waals surface area contributed by atoms with Crippen molar-refractivity contribution in [2.24, 2.45) is 0 Å². The molecule has 1 aliphatic rings. The normalized spacial score (nSPS) is 17.2. The largest absolute Gasteiger partial charge is 0.299 e. The summed E-state index contributed by atoms with van der Waals surface area (Å²) < 4.78 is 0. The molecule has 86 valence electrons. The lowest BCUT2D eigenvalue weighted by Gasteiger charge is -2.25. The molecule has 1 aromatic heterocycles. The molecule has 0 fully saturated rings. The summed E-state index contributed by atoms with van der Waals surface area (Å²) in [5.41, 5.74) is 2.56. The average molecular weight is 216 g/mol. The van der Waals surface area contributed by atoms with Crippen LogP contribution in [0.15, 0.2) is 30.5 Å². The van der Waals surface area contributed by atoms with E-state index in [1.165, 1.54) is 31.5 Å². The third-order valence-electron chi connectivity index (χ3n) is 3.12. The van der Waals surface area contributed by atoms with Gasteiger partial charge in [0, 0.05) is 19.3 Å². The van der Waals surface area contributed by atoms with Crippen LogP contribution < -0.4 is 0 Å². The van der Waals surface area contributed by atoms with Gasteiger partial charge in [0.25, 0.3) is 0 Å². The lowest BCUT2D eigenvalue weighted by Crippen LogP contribution is -2.29. The van der Waals surface area contributed by atoms with E-state index in [4.69, 9.17) is 0 Å². The van der Waals surface area contributed by atoms with Gasteiger partial charge in [-0.15, -0.1) is 0 Å². The second kappa shape index (κ2) is 5.80. The fourth-order valence-electron chi connectivity index (χ4n) is 2.08. The van der Waals surface area contributed by atoms with E-state index in [0.717, 1.165) is 18.7 Å². The predicted molar refractivity (Wildman–Crippen MR) is 68.2 cm³/mol. The molecular formula is C14H20N2. The van der Waals surface area contributed by atoms with Crippen molar-refractivity contribution in [3.05, 3.63) is 36.2 Å². The van der Waals surface area contributed by atoms with Crippen LogP contribution in [0.5, 0.6) is 0 Å². The molecule has 16 heavy (non-hydrogen) atoms. The van der Waals surface area contributed by atoms with Gasteiger partial charge in [0.05, 0.1) is 5.69 Å². The van der Waals surface area contributed by atoms with Crippen molar-refractivity contribution < 1.29 is 0 Å². The van der Waals surface area contributed by atoms with E-state index in [1.54, 1.807) is 0 Å². The molecule has 0 aromatic carbocycles. The summed E-state index contributed by atoms with van der Waals surface area (Å²) in [5.74, 6) is 0. The zero-order chi connectivity index (χ0) is 11.2. The zero-order valence-electron chi connectivity index (χ0n) is 10.0. The molecule has 2 nitrogen and oxygen atoms in total. The van der Waals surface area contributed by atoms with Crippen LogP contribution in [0, 0.1) is 0 Å². The van der Waals surface area contributed by atoms with Gasteiger partial charge in [0.1, 0.15) is 0 Å². The molecule has 0 atom stereocenters. The Morgan fingerprint density at radius 1 is 1.38 bits per heavy atom. The van der Waals surface area contributed by atoms with Gasteiger partial charge < -0.3 is 0 Å². The van der Waals surface area contributed by atoms with Gasteiger partial charge in [-0.25, -0.2) is 0 Å². The fraction of sp³-hybridized carbons (Fsp3) is 0.500. The second-order valence-electron chi connectivity index (χ2n) is 4.35. The van der Waals surface area contributed by atoms with E-state index < -0.39 is 0 Å². The maximum absolute atomic E-state index is 4.40. The van der Waals surface area contributed by atoms with Gasteiger partial charge in [-0.1, -0.05) is 25.5 Å². The quantitative estimate of drug-likeness (QED) is 0.769. The highest BCUT2D eigenvalue weighted by atomic mass is 15.1. The molecule has 2 heteroatoms. The standard InChI is InChI=1S/C14H20N2/c1-2-3-10-16-11-7-13(8-12-16)14-6-4-5-9-15-14/h4-7,9H,2-3,8,10-12H2,1H3. The van der Waals surface area contributed by atoms with Crippen LogP contribution in [0.3, 0.4) is 0 Å². The number of pyridine rings is 1. The molecule has 0 amide bonds.